The zero-order valence-electron chi connectivity index (χ0n) is 15.9. The second-order valence-electron chi connectivity index (χ2n) is 7.32. The zero-order chi connectivity index (χ0) is 20.1. The van der Waals surface area contributed by atoms with Crippen LogP contribution < -0.4 is 4.72 Å². The van der Waals surface area contributed by atoms with Crippen molar-refractivity contribution >= 4 is 21.5 Å². The number of carbonyl (C=O) groups is 1. The van der Waals surface area contributed by atoms with E-state index < -0.39 is 16.1 Å². The third-order valence-electron chi connectivity index (χ3n) is 5.05. The summed E-state index contributed by atoms with van der Waals surface area (Å²) >= 11 is 0. The van der Waals surface area contributed by atoms with Crippen molar-refractivity contribution in [2.75, 3.05) is 30.6 Å². The molecule has 0 radical (unpaired) electrons. The number of sulfonamides is 1. The Hall–Kier alpha value is -2.22. The first-order valence-corrected chi connectivity index (χ1v) is 11.3. The van der Waals surface area contributed by atoms with Crippen molar-refractivity contribution in [3.05, 3.63) is 65.7 Å². The summed E-state index contributed by atoms with van der Waals surface area (Å²) in [5.74, 6) is 0.0491. The van der Waals surface area contributed by atoms with E-state index in [4.69, 9.17) is 0 Å². The van der Waals surface area contributed by atoms with Gasteiger partial charge in [0.15, 0.2) is 5.78 Å². The largest absolute Gasteiger partial charge is 0.387 e. The molecule has 0 amide bonds. The summed E-state index contributed by atoms with van der Waals surface area (Å²) < 4.78 is 24.9. The van der Waals surface area contributed by atoms with E-state index in [-0.39, 0.29) is 11.7 Å². The van der Waals surface area contributed by atoms with E-state index in [0.29, 0.717) is 17.8 Å². The topological polar surface area (TPSA) is 86.7 Å². The second kappa shape index (κ2) is 8.86. The molecule has 1 atom stereocenters. The molecule has 6 nitrogen and oxygen atoms in total. The van der Waals surface area contributed by atoms with Gasteiger partial charge in [0.2, 0.25) is 10.0 Å². The van der Waals surface area contributed by atoms with E-state index in [1.54, 1.807) is 24.3 Å². The maximum Gasteiger partial charge on any atom is 0.229 e. The number of benzene rings is 2. The molecule has 0 saturated carbocycles. The minimum absolute atomic E-state index is 0.0427. The Morgan fingerprint density at radius 1 is 1.11 bits per heavy atom. The molecule has 1 aliphatic heterocycles. The Bertz CT molecular complexity index is 890. The summed E-state index contributed by atoms with van der Waals surface area (Å²) in [5, 5.41) is 10.4. The lowest BCUT2D eigenvalue weighted by Crippen LogP contribution is -2.38. The maximum absolute atomic E-state index is 12.7. The van der Waals surface area contributed by atoms with Crippen LogP contribution in [0.1, 0.15) is 34.9 Å². The van der Waals surface area contributed by atoms with Gasteiger partial charge in [-0.05, 0) is 55.8 Å². The van der Waals surface area contributed by atoms with Crippen LogP contribution in [0.2, 0.25) is 0 Å². The number of ketones is 1. The molecule has 1 aliphatic rings. The number of aliphatic hydroxyl groups is 1. The maximum atomic E-state index is 12.7. The Balaban J connectivity index is 1.52. The van der Waals surface area contributed by atoms with Gasteiger partial charge >= 0.3 is 0 Å². The first kappa shape index (κ1) is 20.5. The minimum atomic E-state index is -3.33. The Morgan fingerprint density at radius 2 is 1.71 bits per heavy atom. The van der Waals surface area contributed by atoms with Gasteiger partial charge in [-0.1, -0.05) is 30.3 Å². The van der Waals surface area contributed by atoms with Gasteiger partial charge in [-0.3, -0.25) is 9.52 Å². The van der Waals surface area contributed by atoms with E-state index >= 15 is 0 Å². The first-order chi connectivity index (χ1) is 13.3. The average Bonchev–Trinajstić information content (AvgIpc) is 2.68. The molecular weight excluding hydrogens is 376 g/mol. The molecule has 0 spiro atoms. The molecule has 150 valence electrons. The van der Waals surface area contributed by atoms with Crippen molar-refractivity contribution < 1.29 is 18.3 Å². The van der Waals surface area contributed by atoms with Crippen LogP contribution in [0, 0.1) is 5.92 Å². The zero-order valence-corrected chi connectivity index (χ0v) is 16.7. The van der Waals surface area contributed by atoms with Crippen molar-refractivity contribution in [1.29, 1.82) is 0 Å². The lowest BCUT2D eigenvalue weighted by Gasteiger charge is -2.32. The Kier molecular flexibility index (Phi) is 6.49. The van der Waals surface area contributed by atoms with E-state index in [1.165, 1.54) is 0 Å². The summed E-state index contributed by atoms with van der Waals surface area (Å²) in [7, 11) is -3.33. The van der Waals surface area contributed by atoms with E-state index in [2.05, 4.69) is 9.62 Å². The van der Waals surface area contributed by atoms with Gasteiger partial charge < -0.3 is 10.0 Å². The van der Waals surface area contributed by atoms with Crippen molar-refractivity contribution in [2.24, 2.45) is 5.92 Å². The predicted molar refractivity (Wildman–Crippen MR) is 110 cm³/mol. The summed E-state index contributed by atoms with van der Waals surface area (Å²) in [6, 6.07) is 16.2. The number of Topliss-reactive ketones (excluding diaryl/α,β-unsaturated/α-hetero) is 1. The summed E-state index contributed by atoms with van der Waals surface area (Å²) in [6.45, 7) is 2.11. The SMILES string of the molecule is CS(=O)(=O)Nc1ccc(C(=O)C2CCN(CC(O)c3ccccc3)CC2)cc1. The molecule has 0 bridgehead atoms. The minimum Gasteiger partial charge on any atom is -0.387 e. The highest BCUT2D eigenvalue weighted by molar-refractivity contribution is 7.92. The number of rotatable bonds is 7. The molecule has 7 heteroatoms. The molecule has 0 aliphatic carbocycles. The lowest BCUT2D eigenvalue weighted by molar-refractivity contribution is 0.0727. The fourth-order valence-corrected chi connectivity index (χ4v) is 4.12. The van der Waals surface area contributed by atoms with Gasteiger partial charge in [-0.15, -0.1) is 0 Å². The van der Waals surface area contributed by atoms with Gasteiger partial charge in [-0.25, -0.2) is 8.42 Å². The van der Waals surface area contributed by atoms with E-state index in [0.717, 1.165) is 37.8 Å². The predicted octanol–water partition coefficient (Wildman–Crippen LogP) is 2.69. The average molecular weight is 403 g/mol. The molecule has 2 N–H and O–H groups in total. The van der Waals surface area contributed by atoms with E-state index in [1.807, 2.05) is 30.3 Å². The molecular formula is C21H26N2O4S. The van der Waals surface area contributed by atoms with Gasteiger partial charge in [0.1, 0.15) is 0 Å². The van der Waals surface area contributed by atoms with Crippen LogP contribution in [-0.2, 0) is 10.0 Å². The normalized spacial score (nSPS) is 17.2. The van der Waals surface area contributed by atoms with Crippen LogP contribution in [0.25, 0.3) is 0 Å². The van der Waals surface area contributed by atoms with Crippen molar-refractivity contribution in [3.63, 3.8) is 0 Å². The van der Waals surface area contributed by atoms with Crippen LogP contribution in [0.5, 0.6) is 0 Å². The third-order valence-corrected chi connectivity index (χ3v) is 5.65. The molecule has 1 fully saturated rings. The highest BCUT2D eigenvalue weighted by atomic mass is 32.2. The quantitative estimate of drug-likeness (QED) is 0.696. The molecule has 2 aromatic carbocycles. The molecule has 1 unspecified atom stereocenters. The number of anilines is 1. The second-order valence-corrected chi connectivity index (χ2v) is 9.07. The fourth-order valence-electron chi connectivity index (χ4n) is 3.56. The molecule has 28 heavy (non-hydrogen) atoms. The summed E-state index contributed by atoms with van der Waals surface area (Å²) in [5.41, 5.74) is 1.95. The highest BCUT2D eigenvalue weighted by Gasteiger charge is 2.27. The monoisotopic (exact) mass is 402 g/mol. The van der Waals surface area contributed by atoms with Crippen molar-refractivity contribution in [1.82, 2.24) is 4.90 Å². The number of hydrogen-bond donors (Lipinski definition) is 2. The van der Waals surface area contributed by atoms with Gasteiger partial charge in [0.05, 0.1) is 12.4 Å². The van der Waals surface area contributed by atoms with Crippen molar-refractivity contribution in [3.8, 4) is 0 Å². The van der Waals surface area contributed by atoms with Gasteiger partial charge in [0.25, 0.3) is 0 Å². The molecule has 2 aromatic rings. The van der Waals surface area contributed by atoms with Gasteiger partial charge in [-0.2, -0.15) is 0 Å². The third kappa shape index (κ3) is 5.64. The number of piperidine rings is 1. The number of carbonyl (C=O) groups excluding carboxylic acids is 1. The number of likely N-dealkylation sites (tertiary alicyclic amines) is 1. The number of nitrogens with one attached hydrogen (secondary N) is 1. The molecule has 3 rings (SSSR count). The van der Waals surface area contributed by atoms with Crippen molar-refractivity contribution in [2.45, 2.75) is 18.9 Å². The van der Waals surface area contributed by atoms with Crippen LogP contribution in [0.15, 0.2) is 54.6 Å². The molecule has 1 heterocycles. The fraction of sp³-hybridized carbons (Fsp3) is 0.381. The summed E-state index contributed by atoms with van der Waals surface area (Å²) in [6.07, 6.45) is 2.07. The number of β-amino-alcohol motifs (C(OH)–C–C–N with tert-alkyl or cyclic N) is 1. The first-order valence-electron chi connectivity index (χ1n) is 9.39. The Morgan fingerprint density at radius 3 is 2.29 bits per heavy atom. The van der Waals surface area contributed by atoms with Crippen LogP contribution in [-0.4, -0.2) is 50.1 Å². The summed E-state index contributed by atoms with van der Waals surface area (Å²) in [4.78, 5) is 14.9. The van der Waals surface area contributed by atoms with Crippen LogP contribution in [0.3, 0.4) is 0 Å². The smallest absolute Gasteiger partial charge is 0.229 e. The number of nitrogens with zero attached hydrogens (tertiary/aromatic N) is 1. The van der Waals surface area contributed by atoms with Crippen LogP contribution >= 0.6 is 0 Å². The number of aliphatic hydroxyl groups excluding tert-OH is 1. The van der Waals surface area contributed by atoms with Gasteiger partial charge in [0, 0.05) is 23.7 Å². The number of hydrogen-bond acceptors (Lipinski definition) is 5. The molecule has 0 aromatic heterocycles. The standard InChI is InChI=1S/C21H26N2O4S/c1-28(26,27)22-19-9-7-17(8-10-19)21(25)18-11-13-23(14-12-18)15-20(24)16-5-3-2-4-6-16/h2-10,18,20,22,24H,11-15H2,1H3. The Labute approximate surface area is 166 Å². The van der Waals surface area contributed by atoms with E-state index in [9.17, 15) is 18.3 Å². The highest BCUT2D eigenvalue weighted by Crippen LogP contribution is 2.24. The molecule has 1 saturated heterocycles. The lowest BCUT2D eigenvalue weighted by atomic mass is 9.88. The van der Waals surface area contributed by atoms with Crippen LogP contribution in [0.4, 0.5) is 5.69 Å².